The molecule has 0 saturated carbocycles. The summed E-state index contributed by atoms with van der Waals surface area (Å²) in [4.78, 5) is 23.3. The minimum absolute atomic E-state index is 0.0651. The van der Waals surface area contributed by atoms with E-state index in [0.29, 0.717) is 17.4 Å². The second-order valence-electron chi connectivity index (χ2n) is 21.7. The van der Waals surface area contributed by atoms with Crippen molar-refractivity contribution >= 4 is 13.7 Å². The molecule has 0 aromatic carbocycles. The average Bonchev–Trinajstić information content (AvgIpc) is 3.29. The molecule has 0 heterocycles. The van der Waals surface area contributed by atoms with Gasteiger partial charge < -0.3 is 19.8 Å². The largest absolute Gasteiger partial charge is 0.472 e. The summed E-state index contributed by atoms with van der Waals surface area (Å²) in [6, 6.07) is -0.842. The lowest BCUT2D eigenvalue weighted by Crippen LogP contribution is -2.45. The van der Waals surface area contributed by atoms with Gasteiger partial charge in [0.15, 0.2) is 0 Å². The lowest BCUT2D eigenvalue weighted by atomic mass is 10.0. The molecule has 0 bridgehead atoms. The van der Waals surface area contributed by atoms with Gasteiger partial charge in [-0.15, -0.1) is 0 Å². The molecule has 400 valence electrons. The highest BCUT2D eigenvalue weighted by atomic mass is 31.2. The summed E-state index contributed by atoms with van der Waals surface area (Å²) in [6.07, 6.45) is 61.8. The van der Waals surface area contributed by atoms with Crippen molar-refractivity contribution in [2.45, 2.75) is 315 Å². The van der Waals surface area contributed by atoms with E-state index < -0.39 is 20.0 Å². The fourth-order valence-electron chi connectivity index (χ4n) is 9.10. The number of nitrogens with one attached hydrogen (secondary N) is 1. The zero-order valence-electron chi connectivity index (χ0n) is 45.7. The average molecular weight is 971 g/mol. The molecule has 0 aliphatic carbocycles. The molecule has 0 aliphatic rings. The first-order valence-electron chi connectivity index (χ1n) is 29.6. The highest BCUT2D eigenvalue weighted by Crippen LogP contribution is 2.43. The summed E-state index contributed by atoms with van der Waals surface area (Å²) in [5.74, 6) is -0.169. The molecule has 0 fully saturated rings. The Morgan fingerprint density at radius 3 is 1.10 bits per heavy atom. The van der Waals surface area contributed by atoms with E-state index in [4.69, 9.17) is 9.05 Å². The van der Waals surface area contributed by atoms with E-state index >= 15 is 0 Å². The monoisotopic (exact) mass is 970 g/mol. The molecule has 8 nitrogen and oxygen atoms in total. The summed E-state index contributed by atoms with van der Waals surface area (Å²) in [6.45, 7) is 4.87. The Kier molecular flexibility index (Phi) is 49.6. The van der Waals surface area contributed by atoms with Gasteiger partial charge in [0.25, 0.3) is 0 Å². The van der Waals surface area contributed by atoms with Gasteiger partial charge in [0.2, 0.25) is 5.91 Å². The highest BCUT2D eigenvalue weighted by molar-refractivity contribution is 7.47. The third-order valence-corrected chi connectivity index (χ3v) is 14.7. The van der Waals surface area contributed by atoms with Crippen LogP contribution in [0.5, 0.6) is 0 Å². The first kappa shape index (κ1) is 66.2. The number of phosphoric ester groups is 1. The van der Waals surface area contributed by atoms with Gasteiger partial charge >= 0.3 is 7.82 Å². The SMILES string of the molecule is CCCCCCCCCCCCCCCCC/C=C/C(O)C(COP(=O)(O)OCC[N+](C)(C)C)NC(=O)CCCCCCCCCCCCCCCCCCCCCCCCCCCCCC. The molecule has 3 N–H and O–H groups in total. The van der Waals surface area contributed by atoms with Crippen molar-refractivity contribution in [2.24, 2.45) is 0 Å². The van der Waals surface area contributed by atoms with Crippen LogP contribution in [0.2, 0.25) is 0 Å². The lowest BCUT2D eigenvalue weighted by Gasteiger charge is -2.25. The molecular weight excluding hydrogens is 852 g/mol. The van der Waals surface area contributed by atoms with Crippen LogP contribution in [-0.4, -0.2) is 73.4 Å². The van der Waals surface area contributed by atoms with Crippen molar-refractivity contribution in [1.82, 2.24) is 5.32 Å². The Bertz CT molecular complexity index is 1100. The zero-order chi connectivity index (χ0) is 49.2. The number of hydrogen-bond donors (Lipinski definition) is 3. The molecule has 3 unspecified atom stereocenters. The van der Waals surface area contributed by atoms with E-state index in [2.05, 4.69) is 19.2 Å². The van der Waals surface area contributed by atoms with Gasteiger partial charge in [-0.1, -0.05) is 289 Å². The van der Waals surface area contributed by atoms with Gasteiger partial charge in [0.1, 0.15) is 13.2 Å². The van der Waals surface area contributed by atoms with Gasteiger partial charge in [0.05, 0.1) is 39.9 Å². The number of quaternary nitrogens is 1. The van der Waals surface area contributed by atoms with Crippen molar-refractivity contribution in [3.63, 3.8) is 0 Å². The first-order chi connectivity index (χ1) is 32.5. The number of likely N-dealkylation sites (N-methyl/N-ethyl adjacent to an activating group) is 1. The summed E-state index contributed by atoms with van der Waals surface area (Å²) in [5, 5.41) is 13.9. The second kappa shape index (κ2) is 50.2. The molecule has 9 heteroatoms. The standard InChI is InChI=1S/C58H117N2O6P/c1-6-8-10-12-14-16-18-20-22-24-25-26-27-28-29-30-31-32-33-34-36-38-40-42-44-46-48-50-52-58(62)59-56(55-66-67(63,64)65-54-53-60(3,4)5)57(61)51-49-47-45-43-41-39-37-35-23-21-19-17-15-13-11-9-7-2/h49,51,56-57,61H,6-48,50,52-55H2,1-5H3,(H-,59,62,63,64)/p+1/b51-49+. The van der Waals surface area contributed by atoms with Crippen molar-refractivity contribution in [3.05, 3.63) is 12.2 Å². The van der Waals surface area contributed by atoms with Crippen LogP contribution in [0, 0.1) is 0 Å². The number of aliphatic hydroxyl groups is 1. The Morgan fingerprint density at radius 2 is 0.791 bits per heavy atom. The van der Waals surface area contributed by atoms with E-state index in [0.717, 1.165) is 32.1 Å². The first-order valence-corrected chi connectivity index (χ1v) is 31.1. The Balaban J connectivity index is 4.09. The Morgan fingerprint density at radius 1 is 0.493 bits per heavy atom. The molecule has 67 heavy (non-hydrogen) atoms. The van der Waals surface area contributed by atoms with Crippen molar-refractivity contribution in [1.29, 1.82) is 0 Å². The predicted molar refractivity (Wildman–Crippen MR) is 291 cm³/mol. The summed E-state index contributed by atoms with van der Waals surface area (Å²) in [7, 11) is 1.59. The summed E-state index contributed by atoms with van der Waals surface area (Å²) >= 11 is 0. The summed E-state index contributed by atoms with van der Waals surface area (Å²) < 4.78 is 23.7. The lowest BCUT2D eigenvalue weighted by molar-refractivity contribution is -0.870. The maximum absolute atomic E-state index is 13.0. The van der Waals surface area contributed by atoms with Crippen molar-refractivity contribution in [3.8, 4) is 0 Å². The van der Waals surface area contributed by atoms with Crippen LogP contribution in [0.25, 0.3) is 0 Å². The fourth-order valence-corrected chi connectivity index (χ4v) is 9.84. The molecule has 0 rings (SSSR count). The Hall–Kier alpha value is -0.760. The van der Waals surface area contributed by atoms with Crippen molar-refractivity contribution < 1.29 is 32.9 Å². The van der Waals surface area contributed by atoms with Crippen LogP contribution in [0.15, 0.2) is 12.2 Å². The van der Waals surface area contributed by atoms with E-state index in [-0.39, 0.29) is 19.1 Å². The normalized spacial score (nSPS) is 14.0. The number of nitrogens with zero attached hydrogens (tertiary/aromatic N) is 1. The van der Waals surface area contributed by atoms with Crippen molar-refractivity contribution in [2.75, 3.05) is 40.9 Å². The molecule has 1 amide bonds. The molecule has 0 aromatic rings. The number of unbranched alkanes of at least 4 members (excludes halogenated alkanes) is 42. The third-order valence-electron chi connectivity index (χ3n) is 13.8. The number of phosphoric acid groups is 1. The minimum atomic E-state index is -4.34. The van der Waals surface area contributed by atoms with E-state index in [1.165, 1.54) is 250 Å². The van der Waals surface area contributed by atoms with Gasteiger partial charge in [-0.25, -0.2) is 4.57 Å². The van der Waals surface area contributed by atoms with Gasteiger partial charge in [-0.2, -0.15) is 0 Å². The van der Waals surface area contributed by atoms with E-state index in [9.17, 15) is 19.4 Å². The minimum Gasteiger partial charge on any atom is -0.387 e. The van der Waals surface area contributed by atoms with Crippen LogP contribution in [-0.2, 0) is 18.4 Å². The smallest absolute Gasteiger partial charge is 0.387 e. The number of aliphatic hydroxyl groups excluding tert-OH is 1. The molecule has 0 spiro atoms. The number of carbonyl (C=O) groups excluding carboxylic acids is 1. The third kappa shape index (κ3) is 52.9. The number of amides is 1. The van der Waals surface area contributed by atoms with Crippen LogP contribution in [0.4, 0.5) is 0 Å². The maximum Gasteiger partial charge on any atom is 0.472 e. The van der Waals surface area contributed by atoms with Gasteiger partial charge in [-0.3, -0.25) is 13.8 Å². The Labute approximate surface area is 418 Å². The maximum atomic E-state index is 13.0. The molecule has 0 radical (unpaired) electrons. The number of rotatable bonds is 55. The summed E-state index contributed by atoms with van der Waals surface area (Å²) in [5.41, 5.74) is 0. The number of allylic oxidation sites excluding steroid dienone is 1. The number of carbonyl (C=O) groups is 1. The fraction of sp³-hybridized carbons (Fsp3) is 0.948. The predicted octanol–water partition coefficient (Wildman–Crippen LogP) is 17.8. The van der Waals surface area contributed by atoms with Crippen LogP contribution < -0.4 is 5.32 Å². The van der Waals surface area contributed by atoms with Crippen LogP contribution >= 0.6 is 7.82 Å². The highest BCUT2D eigenvalue weighted by Gasteiger charge is 2.27. The van der Waals surface area contributed by atoms with Gasteiger partial charge in [0, 0.05) is 6.42 Å². The molecule has 0 saturated heterocycles. The molecule has 3 atom stereocenters. The zero-order valence-corrected chi connectivity index (χ0v) is 46.6. The number of hydrogen-bond acceptors (Lipinski definition) is 5. The van der Waals surface area contributed by atoms with E-state index in [1.54, 1.807) is 6.08 Å². The topological polar surface area (TPSA) is 105 Å². The van der Waals surface area contributed by atoms with Gasteiger partial charge in [-0.05, 0) is 19.3 Å². The van der Waals surface area contributed by atoms with E-state index in [1.807, 2.05) is 27.2 Å². The quantitative estimate of drug-likeness (QED) is 0.0243. The van der Waals surface area contributed by atoms with Crippen LogP contribution in [0.3, 0.4) is 0 Å². The van der Waals surface area contributed by atoms with Crippen LogP contribution in [0.1, 0.15) is 303 Å². The molecule has 0 aromatic heterocycles. The second-order valence-corrected chi connectivity index (χ2v) is 23.2. The molecular formula is C58H118N2O6P+. The molecule has 0 aliphatic heterocycles.